The largest absolute Gasteiger partial charge is 0.478 e. The van der Waals surface area contributed by atoms with Crippen LogP contribution in [0, 0.1) is 5.92 Å². The number of halogens is 1. The van der Waals surface area contributed by atoms with Crippen molar-refractivity contribution in [2.24, 2.45) is 5.92 Å². The molecular weight excluding hydrogens is 570 g/mol. The smallest absolute Gasteiger partial charge is 0.335 e. The van der Waals surface area contributed by atoms with E-state index in [0.29, 0.717) is 44.0 Å². The first-order valence-electron chi connectivity index (χ1n) is 15.4. The fourth-order valence-electron chi connectivity index (χ4n) is 6.76. The summed E-state index contributed by atoms with van der Waals surface area (Å²) in [6.07, 6.45) is 7.15. The van der Waals surface area contributed by atoms with Gasteiger partial charge in [0.25, 0.3) is 0 Å². The zero-order valence-corrected chi connectivity index (χ0v) is 25.7. The van der Waals surface area contributed by atoms with Crippen LogP contribution in [0.15, 0.2) is 48.5 Å². The van der Waals surface area contributed by atoms with Gasteiger partial charge in [-0.2, -0.15) is 0 Å². The molecule has 234 valence electrons. The van der Waals surface area contributed by atoms with E-state index >= 15 is 0 Å². The summed E-state index contributed by atoms with van der Waals surface area (Å²) in [6, 6.07) is 13.2. The molecule has 3 fully saturated rings. The zero-order valence-electron chi connectivity index (χ0n) is 24.9. The molecule has 2 aromatic rings. The Morgan fingerprint density at radius 1 is 1.00 bits per heavy atom. The van der Waals surface area contributed by atoms with Crippen LogP contribution >= 0.6 is 12.4 Å². The van der Waals surface area contributed by atoms with Gasteiger partial charge in [-0.3, -0.25) is 14.5 Å². The summed E-state index contributed by atoms with van der Waals surface area (Å²) < 4.78 is 5.86. The highest BCUT2D eigenvalue weighted by atomic mass is 35.5. The van der Waals surface area contributed by atoms with Gasteiger partial charge in [0.1, 0.15) is 23.1 Å². The number of unbranched alkanes of at least 4 members (excludes halogenated alkanes) is 1. The normalized spacial score (nSPS) is 21.6. The molecule has 2 aliphatic heterocycles. The molecule has 0 bridgehead atoms. The van der Waals surface area contributed by atoms with E-state index in [9.17, 15) is 19.5 Å². The Morgan fingerprint density at radius 2 is 1.60 bits per heavy atom. The number of nitrogens with zero attached hydrogens (tertiary/aromatic N) is 2. The van der Waals surface area contributed by atoms with Gasteiger partial charge in [0.05, 0.1) is 11.7 Å². The van der Waals surface area contributed by atoms with E-state index in [1.165, 1.54) is 18.6 Å². The summed E-state index contributed by atoms with van der Waals surface area (Å²) in [4.78, 5) is 42.7. The molecule has 2 atom stereocenters. The van der Waals surface area contributed by atoms with Crippen LogP contribution in [0.25, 0.3) is 0 Å². The predicted molar refractivity (Wildman–Crippen MR) is 166 cm³/mol. The van der Waals surface area contributed by atoms with Crippen LogP contribution in [0.5, 0.6) is 11.5 Å². The molecule has 0 radical (unpaired) electrons. The summed E-state index contributed by atoms with van der Waals surface area (Å²) >= 11 is 0. The third-order valence-electron chi connectivity index (χ3n) is 9.32. The molecule has 9 nitrogen and oxygen atoms in total. The minimum Gasteiger partial charge on any atom is -0.478 e. The number of carboxylic acid groups (broad SMARTS) is 1. The molecule has 3 aliphatic rings. The molecule has 1 saturated carbocycles. The van der Waals surface area contributed by atoms with Crippen molar-refractivity contribution >= 4 is 30.2 Å². The number of carbonyl (C=O) groups excluding carboxylic acids is 2. The number of piperazine rings is 1. The van der Waals surface area contributed by atoms with Crippen molar-refractivity contribution in [2.75, 3.05) is 19.6 Å². The molecule has 2 heterocycles. The lowest BCUT2D eigenvalue weighted by molar-refractivity contribution is -0.166. The van der Waals surface area contributed by atoms with Crippen molar-refractivity contribution in [3.63, 3.8) is 0 Å². The van der Waals surface area contributed by atoms with Crippen LogP contribution in [-0.4, -0.2) is 75.1 Å². The second-order valence-corrected chi connectivity index (χ2v) is 12.1. The Balaban J connectivity index is 0.00000423. The van der Waals surface area contributed by atoms with E-state index in [1.54, 1.807) is 12.1 Å². The van der Waals surface area contributed by atoms with Gasteiger partial charge in [0, 0.05) is 26.2 Å². The summed E-state index contributed by atoms with van der Waals surface area (Å²) in [7, 11) is 0. The van der Waals surface area contributed by atoms with Crippen molar-refractivity contribution in [3.05, 3.63) is 59.7 Å². The summed E-state index contributed by atoms with van der Waals surface area (Å²) in [6.45, 7) is 4.72. The molecule has 2 aromatic carbocycles. The topological polar surface area (TPSA) is 119 Å². The number of likely N-dealkylation sites (tertiary alicyclic amines) is 1. The van der Waals surface area contributed by atoms with Gasteiger partial charge in [-0.15, -0.1) is 12.4 Å². The molecule has 0 unspecified atom stereocenters. The SMILES string of the molecule is CCCCN1C(=O)[C@H]([C@H](O)C2CCCCC2)NC(=O)C12CCN(Cc1ccc(Oc3ccc(C(=O)O)cc3)cc1)CC2.Cl. The number of carboxylic acids is 1. The van der Waals surface area contributed by atoms with Crippen molar-refractivity contribution < 1.29 is 29.3 Å². The number of carbonyl (C=O) groups is 3. The van der Waals surface area contributed by atoms with Gasteiger partial charge in [-0.1, -0.05) is 44.7 Å². The van der Waals surface area contributed by atoms with Crippen LogP contribution in [0.1, 0.15) is 80.6 Å². The number of hydrogen-bond acceptors (Lipinski definition) is 6. The molecule has 5 rings (SSSR count). The third kappa shape index (κ3) is 7.33. The number of aliphatic hydroxyl groups is 1. The summed E-state index contributed by atoms with van der Waals surface area (Å²) in [5.41, 5.74) is 0.461. The average Bonchev–Trinajstić information content (AvgIpc) is 3.01. The Kier molecular flexibility index (Phi) is 11.1. The number of hydrogen-bond donors (Lipinski definition) is 3. The van der Waals surface area contributed by atoms with Gasteiger partial charge >= 0.3 is 5.97 Å². The lowest BCUT2D eigenvalue weighted by atomic mass is 9.78. The molecular formula is C33H44ClN3O6. The van der Waals surface area contributed by atoms with Crippen molar-refractivity contribution in [1.29, 1.82) is 0 Å². The first kappa shape index (κ1) is 32.8. The fraction of sp³-hybridized carbons (Fsp3) is 0.545. The predicted octanol–water partition coefficient (Wildman–Crippen LogP) is 5.00. The Labute approximate surface area is 260 Å². The van der Waals surface area contributed by atoms with E-state index in [1.807, 2.05) is 29.2 Å². The van der Waals surface area contributed by atoms with Crippen LogP contribution < -0.4 is 10.1 Å². The summed E-state index contributed by atoms with van der Waals surface area (Å²) in [5.74, 6) is 0.0741. The van der Waals surface area contributed by atoms with E-state index < -0.39 is 23.7 Å². The molecule has 43 heavy (non-hydrogen) atoms. The highest BCUT2D eigenvalue weighted by Gasteiger charge is 2.55. The van der Waals surface area contributed by atoms with E-state index in [4.69, 9.17) is 9.84 Å². The van der Waals surface area contributed by atoms with E-state index in [2.05, 4.69) is 17.1 Å². The van der Waals surface area contributed by atoms with Crippen LogP contribution in [0.3, 0.4) is 0 Å². The van der Waals surface area contributed by atoms with Crippen LogP contribution in [0.4, 0.5) is 0 Å². The molecule has 3 N–H and O–H groups in total. The molecule has 1 aliphatic carbocycles. The second kappa shape index (κ2) is 14.6. The molecule has 10 heteroatoms. The van der Waals surface area contributed by atoms with E-state index in [-0.39, 0.29) is 35.7 Å². The van der Waals surface area contributed by atoms with Gasteiger partial charge in [-0.25, -0.2) is 4.79 Å². The maximum absolute atomic E-state index is 13.8. The number of rotatable bonds is 10. The number of aromatic carboxylic acids is 1. The van der Waals surface area contributed by atoms with Gasteiger partial charge in [0.2, 0.25) is 11.8 Å². The number of nitrogens with one attached hydrogen (secondary N) is 1. The molecule has 1 spiro atoms. The maximum Gasteiger partial charge on any atom is 0.335 e. The number of ether oxygens (including phenoxy) is 1. The third-order valence-corrected chi connectivity index (χ3v) is 9.32. The Morgan fingerprint density at radius 3 is 2.19 bits per heavy atom. The highest BCUT2D eigenvalue weighted by Crippen LogP contribution is 2.36. The van der Waals surface area contributed by atoms with E-state index in [0.717, 1.165) is 50.6 Å². The number of amides is 2. The van der Waals surface area contributed by atoms with Gasteiger partial charge in [0.15, 0.2) is 0 Å². The number of benzene rings is 2. The maximum atomic E-state index is 13.8. The van der Waals surface area contributed by atoms with Crippen LogP contribution in [-0.2, 0) is 16.1 Å². The van der Waals surface area contributed by atoms with Gasteiger partial charge < -0.3 is 25.2 Å². The minimum atomic E-state index is -0.975. The second-order valence-electron chi connectivity index (χ2n) is 12.1. The van der Waals surface area contributed by atoms with Crippen LogP contribution in [0.2, 0.25) is 0 Å². The highest BCUT2D eigenvalue weighted by molar-refractivity contribution is 6.00. The zero-order chi connectivity index (χ0) is 29.7. The average molecular weight is 614 g/mol. The van der Waals surface area contributed by atoms with Crippen molar-refractivity contribution in [2.45, 2.75) is 88.9 Å². The summed E-state index contributed by atoms with van der Waals surface area (Å²) in [5, 5.41) is 23.2. The standard InChI is InChI=1S/C33H43N3O6.ClH/c1-2-3-19-36-30(38)28(29(37)24-7-5-4-6-8-24)34-32(41)33(36)17-20-35(21-18-33)22-23-9-13-26(14-10-23)42-27-15-11-25(12-16-27)31(39)40;/h9-16,24,28-29,37H,2-8,17-22H2,1H3,(H,34,41)(H,39,40);1H/t28-,29+;/m0./s1. The first-order valence-corrected chi connectivity index (χ1v) is 15.4. The Hall–Kier alpha value is -3.14. The quantitative estimate of drug-likeness (QED) is 0.345. The van der Waals surface area contributed by atoms with Crippen molar-refractivity contribution in [1.82, 2.24) is 15.1 Å². The number of aliphatic hydroxyl groups excluding tert-OH is 1. The van der Waals surface area contributed by atoms with Gasteiger partial charge in [-0.05, 0) is 80.0 Å². The molecule has 0 aromatic heterocycles. The number of piperidine rings is 1. The monoisotopic (exact) mass is 613 g/mol. The fourth-order valence-corrected chi connectivity index (χ4v) is 6.76. The van der Waals surface area contributed by atoms with Crippen molar-refractivity contribution in [3.8, 4) is 11.5 Å². The molecule has 2 saturated heterocycles. The molecule has 2 amide bonds. The minimum absolute atomic E-state index is 0. The lowest BCUT2D eigenvalue weighted by Gasteiger charge is -2.52. The Bertz CT molecular complexity index is 1240. The first-order chi connectivity index (χ1) is 20.3. The lowest BCUT2D eigenvalue weighted by Crippen LogP contribution is -2.75.